The standard InChI is InChI=1S/C6H6N2/c1-5(2)6(3-7)4-8/h6H,1H2,2H3. The molecule has 40 valence electrons. The number of nitrogens with zero attached hydrogens (tertiary/aromatic N) is 2. The average molecular weight is 106 g/mol. The highest BCUT2D eigenvalue weighted by Gasteiger charge is 2.02. The number of allylic oxidation sites excluding steroid dienone is 1. The van der Waals surface area contributed by atoms with E-state index in [9.17, 15) is 0 Å². The minimum atomic E-state index is -0.630. The van der Waals surface area contributed by atoms with Gasteiger partial charge in [-0.15, -0.1) is 0 Å². The van der Waals surface area contributed by atoms with Gasteiger partial charge in [-0.25, -0.2) is 0 Å². The van der Waals surface area contributed by atoms with Gasteiger partial charge in [-0.2, -0.15) is 10.5 Å². The van der Waals surface area contributed by atoms with Crippen LogP contribution in [0.4, 0.5) is 0 Å². The third-order valence-electron chi connectivity index (χ3n) is 0.751. The van der Waals surface area contributed by atoms with Crippen LogP contribution in [0, 0.1) is 28.6 Å². The van der Waals surface area contributed by atoms with E-state index in [1.807, 2.05) is 0 Å². The molecule has 0 rings (SSSR count). The lowest BCUT2D eigenvalue weighted by Crippen LogP contribution is -1.90. The van der Waals surface area contributed by atoms with Gasteiger partial charge >= 0.3 is 0 Å². The average Bonchev–Trinajstić information content (AvgIpc) is 1.69. The minimum Gasteiger partial charge on any atom is -0.197 e. The second kappa shape index (κ2) is 2.82. The molecule has 0 aliphatic rings. The van der Waals surface area contributed by atoms with Crippen molar-refractivity contribution in [2.45, 2.75) is 6.92 Å². The maximum absolute atomic E-state index is 8.16. The zero-order valence-corrected chi connectivity index (χ0v) is 4.68. The van der Waals surface area contributed by atoms with Gasteiger partial charge in [-0.05, 0) is 12.5 Å². The Morgan fingerprint density at radius 2 is 1.88 bits per heavy atom. The molecule has 0 aromatic rings. The van der Waals surface area contributed by atoms with Crippen LogP contribution in [0.2, 0.25) is 0 Å². The van der Waals surface area contributed by atoms with Crippen LogP contribution in [-0.2, 0) is 0 Å². The van der Waals surface area contributed by atoms with Gasteiger partial charge in [-0.3, -0.25) is 0 Å². The second-order valence-corrected chi connectivity index (χ2v) is 1.54. The Morgan fingerprint density at radius 1 is 1.50 bits per heavy atom. The first-order valence-electron chi connectivity index (χ1n) is 2.17. The molecule has 0 aliphatic carbocycles. The van der Waals surface area contributed by atoms with Crippen molar-refractivity contribution in [2.75, 3.05) is 0 Å². The highest BCUT2D eigenvalue weighted by Crippen LogP contribution is 2.02. The van der Waals surface area contributed by atoms with Gasteiger partial charge in [-0.1, -0.05) is 6.58 Å². The maximum atomic E-state index is 8.16. The molecule has 2 heteroatoms. The van der Waals surface area contributed by atoms with Crippen LogP contribution in [-0.4, -0.2) is 0 Å². The first kappa shape index (κ1) is 6.72. The molecule has 0 atom stereocenters. The highest BCUT2D eigenvalue weighted by atomic mass is 14.3. The van der Waals surface area contributed by atoms with Gasteiger partial charge in [0.2, 0.25) is 0 Å². The van der Waals surface area contributed by atoms with Gasteiger partial charge in [0.1, 0.15) is 0 Å². The molecule has 8 heavy (non-hydrogen) atoms. The van der Waals surface area contributed by atoms with Crippen LogP contribution in [0.3, 0.4) is 0 Å². The van der Waals surface area contributed by atoms with Gasteiger partial charge in [0.05, 0.1) is 12.1 Å². The van der Waals surface area contributed by atoms with E-state index < -0.39 is 5.92 Å². The third-order valence-corrected chi connectivity index (χ3v) is 0.751. The van der Waals surface area contributed by atoms with E-state index in [0.717, 1.165) is 0 Å². The predicted octanol–water partition coefficient (Wildman–Crippen LogP) is 1.23. The fourth-order valence-corrected chi connectivity index (χ4v) is 0.249. The summed E-state index contributed by atoms with van der Waals surface area (Å²) in [6.07, 6.45) is 0. The first-order chi connectivity index (χ1) is 3.72. The fourth-order valence-electron chi connectivity index (χ4n) is 0.249. The molecule has 0 saturated carbocycles. The Balaban J connectivity index is 4.02. The molecule has 0 saturated heterocycles. The largest absolute Gasteiger partial charge is 0.197 e. The summed E-state index contributed by atoms with van der Waals surface area (Å²) in [4.78, 5) is 0. The van der Waals surface area contributed by atoms with E-state index >= 15 is 0 Å². The third kappa shape index (κ3) is 1.45. The van der Waals surface area contributed by atoms with Gasteiger partial charge in [0.15, 0.2) is 5.92 Å². The van der Waals surface area contributed by atoms with E-state index in [4.69, 9.17) is 10.5 Å². The smallest absolute Gasteiger partial charge is 0.153 e. The molecule has 0 unspecified atom stereocenters. The molecule has 0 fully saturated rings. The Hall–Kier alpha value is -1.28. The van der Waals surface area contributed by atoms with Crippen molar-refractivity contribution in [2.24, 2.45) is 5.92 Å². The molecule has 0 bridgehead atoms. The molecule has 0 spiro atoms. The summed E-state index contributed by atoms with van der Waals surface area (Å²) in [5, 5.41) is 16.3. The molecule has 0 amide bonds. The van der Waals surface area contributed by atoms with Crippen LogP contribution < -0.4 is 0 Å². The zero-order valence-electron chi connectivity index (χ0n) is 4.68. The summed E-state index contributed by atoms with van der Waals surface area (Å²) in [5.41, 5.74) is 0.606. The van der Waals surface area contributed by atoms with Crippen molar-refractivity contribution in [3.63, 3.8) is 0 Å². The Morgan fingerprint density at radius 3 is 1.88 bits per heavy atom. The number of nitriles is 2. The molecule has 2 nitrogen and oxygen atoms in total. The van der Waals surface area contributed by atoms with E-state index in [2.05, 4.69) is 6.58 Å². The van der Waals surface area contributed by atoms with Crippen molar-refractivity contribution in [3.05, 3.63) is 12.2 Å². The Labute approximate surface area is 48.7 Å². The Kier molecular flexibility index (Phi) is 2.37. The molecule has 0 heterocycles. The summed E-state index contributed by atoms with van der Waals surface area (Å²) in [6.45, 7) is 5.12. The van der Waals surface area contributed by atoms with Crippen LogP contribution in [0.25, 0.3) is 0 Å². The van der Waals surface area contributed by atoms with Gasteiger partial charge in [0.25, 0.3) is 0 Å². The van der Waals surface area contributed by atoms with Crippen LogP contribution in [0.5, 0.6) is 0 Å². The van der Waals surface area contributed by atoms with Crippen molar-refractivity contribution < 1.29 is 0 Å². The monoisotopic (exact) mass is 106 g/mol. The molecule has 0 aromatic carbocycles. The second-order valence-electron chi connectivity index (χ2n) is 1.54. The summed E-state index contributed by atoms with van der Waals surface area (Å²) in [7, 11) is 0. The lowest BCUT2D eigenvalue weighted by Gasteiger charge is -1.91. The van der Waals surface area contributed by atoms with Crippen molar-refractivity contribution in [1.82, 2.24) is 0 Å². The number of hydrogen-bond donors (Lipinski definition) is 0. The quantitative estimate of drug-likeness (QED) is 0.472. The van der Waals surface area contributed by atoms with Gasteiger partial charge in [0, 0.05) is 0 Å². The molecule has 0 aromatic heterocycles. The molecular weight excluding hydrogens is 100 g/mol. The van der Waals surface area contributed by atoms with E-state index in [-0.39, 0.29) is 0 Å². The first-order valence-corrected chi connectivity index (χ1v) is 2.17. The van der Waals surface area contributed by atoms with Crippen molar-refractivity contribution in [3.8, 4) is 12.1 Å². The lowest BCUT2D eigenvalue weighted by atomic mass is 10.1. The molecular formula is C6H6N2. The van der Waals surface area contributed by atoms with Crippen LogP contribution in [0.15, 0.2) is 12.2 Å². The van der Waals surface area contributed by atoms with E-state index in [0.29, 0.717) is 5.57 Å². The highest BCUT2D eigenvalue weighted by molar-refractivity contribution is 5.17. The maximum Gasteiger partial charge on any atom is 0.153 e. The SMILES string of the molecule is C=C(C)C(C#N)C#N. The fraction of sp³-hybridized carbons (Fsp3) is 0.333. The summed E-state index contributed by atoms with van der Waals surface area (Å²) in [6, 6.07) is 3.58. The topological polar surface area (TPSA) is 47.6 Å². The molecule has 0 N–H and O–H groups in total. The number of hydrogen-bond acceptors (Lipinski definition) is 2. The summed E-state index contributed by atoms with van der Waals surface area (Å²) < 4.78 is 0. The normalized spacial score (nSPS) is 7.50. The molecule has 0 aliphatic heterocycles. The van der Waals surface area contributed by atoms with E-state index in [1.165, 1.54) is 0 Å². The van der Waals surface area contributed by atoms with Crippen molar-refractivity contribution >= 4 is 0 Å². The zero-order chi connectivity index (χ0) is 6.57. The molecule has 0 radical (unpaired) electrons. The van der Waals surface area contributed by atoms with Crippen LogP contribution >= 0.6 is 0 Å². The number of rotatable bonds is 1. The minimum absolute atomic E-state index is 0.606. The lowest BCUT2D eigenvalue weighted by molar-refractivity contribution is 1.00. The van der Waals surface area contributed by atoms with Gasteiger partial charge < -0.3 is 0 Å². The summed E-state index contributed by atoms with van der Waals surface area (Å²) in [5.74, 6) is -0.630. The Bertz CT molecular complexity index is 154. The van der Waals surface area contributed by atoms with E-state index in [1.54, 1.807) is 19.1 Å². The van der Waals surface area contributed by atoms with Crippen molar-refractivity contribution in [1.29, 1.82) is 10.5 Å². The van der Waals surface area contributed by atoms with Crippen LogP contribution in [0.1, 0.15) is 6.92 Å². The summed E-state index contributed by atoms with van der Waals surface area (Å²) >= 11 is 0. The predicted molar refractivity (Wildman–Crippen MR) is 29.5 cm³/mol.